The zero-order chi connectivity index (χ0) is 19.6. The van der Waals surface area contributed by atoms with Crippen LogP contribution in [0.3, 0.4) is 0 Å². The van der Waals surface area contributed by atoms with Gasteiger partial charge in [0.25, 0.3) is 11.6 Å². The van der Waals surface area contributed by atoms with Crippen molar-refractivity contribution in [3.05, 3.63) is 67.0 Å². The number of anilines is 1. The molecule has 0 atom stereocenters. The van der Waals surface area contributed by atoms with E-state index in [2.05, 4.69) is 26.2 Å². The summed E-state index contributed by atoms with van der Waals surface area (Å²) < 4.78 is 5.42. The highest BCUT2D eigenvalue weighted by atomic mass is 79.9. The topological polar surface area (TPSA) is 94.4 Å². The lowest BCUT2D eigenvalue weighted by atomic mass is 10.2. The molecule has 0 spiro atoms. The molecule has 2 aromatic carbocycles. The maximum Gasteiger partial charge on any atom is 0.284 e. The molecule has 10 heteroatoms. The predicted molar refractivity (Wildman–Crippen MR) is 108 cm³/mol. The summed E-state index contributed by atoms with van der Waals surface area (Å²) in [6, 6.07) is 9.42. The molecule has 3 rings (SSSR count). The Morgan fingerprint density at radius 3 is 2.78 bits per heavy atom. The van der Waals surface area contributed by atoms with E-state index in [1.807, 2.05) is 6.07 Å². The van der Waals surface area contributed by atoms with Crippen molar-refractivity contribution in [2.75, 3.05) is 12.4 Å². The van der Waals surface area contributed by atoms with E-state index in [-0.39, 0.29) is 11.3 Å². The van der Waals surface area contributed by atoms with Crippen LogP contribution < -0.4 is 10.1 Å². The molecule has 0 bridgehead atoms. The van der Waals surface area contributed by atoms with Crippen LogP contribution in [-0.2, 0) is 0 Å². The summed E-state index contributed by atoms with van der Waals surface area (Å²) in [5.41, 5.74) is 1.39. The lowest BCUT2D eigenvalue weighted by Gasteiger charge is -2.04. The highest BCUT2D eigenvalue weighted by molar-refractivity contribution is 9.10. The van der Waals surface area contributed by atoms with Gasteiger partial charge in [0.05, 0.1) is 27.2 Å². The van der Waals surface area contributed by atoms with E-state index in [1.54, 1.807) is 17.5 Å². The summed E-state index contributed by atoms with van der Waals surface area (Å²) in [5, 5.41) is 16.2. The van der Waals surface area contributed by atoms with Crippen molar-refractivity contribution in [2.45, 2.75) is 0 Å². The molecular formula is C17H11BrClN3O4S. The molecule has 0 aliphatic rings. The summed E-state index contributed by atoms with van der Waals surface area (Å²) in [7, 11) is 1.53. The molecule has 0 radical (unpaired) electrons. The standard InChI is InChI=1S/C17H11BrClN3O4S/c1-26-15-5-3-9(6-12(15)19)13-8-27-17(20-13)21-16(23)10-2-4-11(18)14(7-10)22(24)25/h2-8H,1H3,(H,20,21,23). The average Bonchev–Trinajstić information content (AvgIpc) is 3.10. The van der Waals surface area contributed by atoms with Gasteiger partial charge in [-0.05, 0) is 46.3 Å². The van der Waals surface area contributed by atoms with Gasteiger partial charge in [-0.15, -0.1) is 11.3 Å². The molecule has 0 saturated heterocycles. The molecule has 0 aliphatic heterocycles. The second-order valence-electron chi connectivity index (χ2n) is 5.26. The van der Waals surface area contributed by atoms with E-state index in [0.29, 0.717) is 26.1 Å². The van der Waals surface area contributed by atoms with Crippen molar-refractivity contribution in [2.24, 2.45) is 0 Å². The first-order valence-electron chi connectivity index (χ1n) is 7.43. The van der Waals surface area contributed by atoms with Crippen molar-refractivity contribution >= 4 is 55.6 Å². The monoisotopic (exact) mass is 467 g/mol. The van der Waals surface area contributed by atoms with Crippen molar-refractivity contribution in [1.29, 1.82) is 0 Å². The van der Waals surface area contributed by atoms with E-state index in [0.717, 1.165) is 5.56 Å². The van der Waals surface area contributed by atoms with Gasteiger partial charge in [0, 0.05) is 22.6 Å². The fourth-order valence-corrected chi connectivity index (χ4v) is 3.62. The number of carbonyl (C=O) groups is 1. The van der Waals surface area contributed by atoms with Crippen molar-refractivity contribution in [1.82, 2.24) is 4.98 Å². The van der Waals surface area contributed by atoms with Gasteiger partial charge in [0.15, 0.2) is 5.13 Å². The van der Waals surface area contributed by atoms with E-state index in [1.165, 1.54) is 36.6 Å². The molecule has 0 fully saturated rings. The Kier molecular flexibility index (Phi) is 5.73. The van der Waals surface area contributed by atoms with Crippen LogP contribution in [0.5, 0.6) is 5.75 Å². The van der Waals surface area contributed by atoms with Gasteiger partial charge in [0.1, 0.15) is 5.75 Å². The minimum atomic E-state index is -0.560. The third-order valence-corrected chi connectivity index (χ3v) is 5.30. The highest BCUT2D eigenvalue weighted by Gasteiger charge is 2.17. The molecule has 1 aromatic heterocycles. The number of amides is 1. The Morgan fingerprint density at radius 2 is 2.11 bits per heavy atom. The normalized spacial score (nSPS) is 10.5. The van der Waals surface area contributed by atoms with Crippen LogP contribution in [-0.4, -0.2) is 22.9 Å². The number of aromatic nitrogens is 1. The number of methoxy groups -OCH3 is 1. The number of halogens is 2. The summed E-state index contributed by atoms with van der Waals surface area (Å²) in [5.74, 6) is 0.0697. The third kappa shape index (κ3) is 4.26. The lowest BCUT2D eigenvalue weighted by molar-refractivity contribution is -0.385. The lowest BCUT2D eigenvalue weighted by Crippen LogP contribution is -2.12. The Bertz CT molecular complexity index is 1040. The predicted octanol–water partition coefficient (Wildman–Crippen LogP) is 5.40. The summed E-state index contributed by atoms with van der Waals surface area (Å²) in [4.78, 5) is 27.2. The number of hydrogen-bond acceptors (Lipinski definition) is 6. The fraction of sp³-hybridized carbons (Fsp3) is 0.0588. The van der Waals surface area contributed by atoms with E-state index < -0.39 is 10.8 Å². The Hall–Kier alpha value is -2.49. The van der Waals surface area contributed by atoms with Gasteiger partial charge in [-0.1, -0.05) is 11.6 Å². The van der Waals surface area contributed by atoms with Gasteiger partial charge in [0.2, 0.25) is 0 Å². The van der Waals surface area contributed by atoms with Gasteiger partial charge in [-0.2, -0.15) is 0 Å². The summed E-state index contributed by atoms with van der Waals surface area (Å²) in [6.07, 6.45) is 0. The van der Waals surface area contributed by atoms with Crippen molar-refractivity contribution < 1.29 is 14.5 Å². The summed E-state index contributed by atoms with van der Waals surface area (Å²) >= 11 is 10.5. The molecule has 1 heterocycles. The second-order valence-corrected chi connectivity index (χ2v) is 7.38. The molecule has 3 aromatic rings. The number of benzene rings is 2. The van der Waals surface area contributed by atoms with Gasteiger partial charge >= 0.3 is 0 Å². The minimum absolute atomic E-state index is 0.161. The quantitative estimate of drug-likeness (QED) is 0.400. The number of carbonyl (C=O) groups excluding carboxylic acids is 1. The second kappa shape index (κ2) is 8.03. The molecule has 138 valence electrons. The maximum atomic E-state index is 12.4. The average molecular weight is 469 g/mol. The first-order valence-corrected chi connectivity index (χ1v) is 9.49. The van der Waals surface area contributed by atoms with Crippen molar-refractivity contribution in [3.8, 4) is 17.0 Å². The number of nitro groups is 1. The number of rotatable bonds is 5. The van der Waals surface area contributed by atoms with E-state index in [9.17, 15) is 14.9 Å². The maximum absolute atomic E-state index is 12.4. The molecule has 7 nitrogen and oxygen atoms in total. The Balaban J connectivity index is 1.80. The van der Waals surface area contributed by atoms with Crippen molar-refractivity contribution in [3.63, 3.8) is 0 Å². The molecule has 0 aliphatic carbocycles. The third-order valence-electron chi connectivity index (χ3n) is 3.58. The van der Waals surface area contributed by atoms with Gasteiger partial charge in [-0.25, -0.2) is 4.98 Å². The molecular weight excluding hydrogens is 458 g/mol. The van der Waals surface area contributed by atoms with Crippen LogP contribution in [0, 0.1) is 10.1 Å². The van der Waals surface area contributed by atoms with Gasteiger partial charge in [-0.3, -0.25) is 20.2 Å². The number of nitro benzene ring substituents is 1. The molecule has 1 N–H and O–H groups in total. The van der Waals surface area contributed by atoms with E-state index >= 15 is 0 Å². The molecule has 0 saturated carbocycles. The van der Waals surface area contributed by atoms with Crippen LogP contribution >= 0.6 is 38.9 Å². The first-order chi connectivity index (χ1) is 12.9. The van der Waals surface area contributed by atoms with Crippen LogP contribution in [0.25, 0.3) is 11.3 Å². The Labute approximate surface area is 171 Å². The number of thiazole rings is 1. The molecule has 1 amide bonds. The SMILES string of the molecule is COc1ccc(-c2csc(NC(=O)c3ccc(Br)c([N+](=O)[O-])c3)n2)cc1Cl. The minimum Gasteiger partial charge on any atom is -0.495 e. The largest absolute Gasteiger partial charge is 0.495 e. The van der Waals surface area contributed by atoms with Crippen LogP contribution in [0.4, 0.5) is 10.8 Å². The molecule has 27 heavy (non-hydrogen) atoms. The number of nitrogens with zero attached hydrogens (tertiary/aromatic N) is 2. The first kappa shape index (κ1) is 19.3. The smallest absolute Gasteiger partial charge is 0.284 e. The van der Waals surface area contributed by atoms with Crippen LogP contribution in [0.2, 0.25) is 5.02 Å². The van der Waals surface area contributed by atoms with Gasteiger partial charge < -0.3 is 4.74 Å². The number of nitrogens with one attached hydrogen (secondary N) is 1. The van der Waals surface area contributed by atoms with E-state index in [4.69, 9.17) is 16.3 Å². The zero-order valence-electron chi connectivity index (χ0n) is 13.7. The zero-order valence-corrected chi connectivity index (χ0v) is 16.9. The van der Waals surface area contributed by atoms with Crippen LogP contribution in [0.1, 0.15) is 10.4 Å². The van der Waals surface area contributed by atoms with Crippen LogP contribution in [0.15, 0.2) is 46.3 Å². The molecule has 0 unspecified atom stereocenters. The Morgan fingerprint density at radius 1 is 1.33 bits per heavy atom. The fourth-order valence-electron chi connectivity index (χ4n) is 2.25. The summed E-state index contributed by atoms with van der Waals surface area (Å²) in [6.45, 7) is 0. The highest BCUT2D eigenvalue weighted by Crippen LogP contribution is 2.32. The number of ether oxygens (including phenoxy) is 1. The number of hydrogen-bond donors (Lipinski definition) is 1.